The Labute approximate surface area is 159 Å². The van der Waals surface area contributed by atoms with Gasteiger partial charge < -0.3 is 24.1 Å². The molecule has 1 unspecified atom stereocenters. The molecule has 2 rings (SSSR count). The number of benzene rings is 2. The highest BCUT2D eigenvalue weighted by Crippen LogP contribution is 2.50. The van der Waals surface area contributed by atoms with E-state index in [1.165, 1.54) is 0 Å². The van der Waals surface area contributed by atoms with Crippen molar-refractivity contribution in [2.45, 2.75) is 26.2 Å². The van der Waals surface area contributed by atoms with Gasteiger partial charge in [-0.05, 0) is 25.0 Å². The normalized spacial score (nSPS) is 11.6. The summed E-state index contributed by atoms with van der Waals surface area (Å²) in [4.78, 5) is 11.5. The molecule has 0 fully saturated rings. The molecule has 0 aliphatic carbocycles. The van der Waals surface area contributed by atoms with Crippen LogP contribution in [0.2, 0.25) is 0 Å². The predicted octanol–water partition coefficient (Wildman–Crippen LogP) is 3.81. The molecular formula is C21H26O6. The van der Waals surface area contributed by atoms with Crippen LogP contribution in [0.25, 0.3) is 0 Å². The van der Waals surface area contributed by atoms with E-state index in [0.29, 0.717) is 29.4 Å². The molecule has 0 radical (unpaired) electrons. The highest BCUT2D eigenvalue weighted by molar-refractivity contribution is 5.76. The summed E-state index contributed by atoms with van der Waals surface area (Å²) in [7, 11) is 6.22. The first-order valence-corrected chi connectivity index (χ1v) is 8.57. The lowest BCUT2D eigenvalue weighted by Crippen LogP contribution is -2.11. The van der Waals surface area contributed by atoms with Gasteiger partial charge in [0.25, 0.3) is 0 Å². The van der Waals surface area contributed by atoms with E-state index in [2.05, 4.69) is 0 Å². The van der Waals surface area contributed by atoms with Gasteiger partial charge in [0.2, 0.25) is 11.5 Å². The van der Waals surface area contributed by atoms with Gasteiger partial charge in [-0.15, -0.1) is 0 Å². The van der Waals surface area contributed by atoms with Crippen LogP contribution in [0.15, 0.2) is 24.3 Å². The number of hydrogen-bond donors (Lipinski definition) is 1. The van der Waals surface area contributed by atoms with E-state index < -0.39 is 11.9 Å². The third-order valence-corrected chi connectivity index (χ3v) is 4.76. The molecule has 146 valence electrons. The molecule has 0 aliphatic rings. The Kier molecular flexibility index (Phi) is 6.55. The van der Waals surface area contributed by atoms with Crippen LogP contribution in [0, 0.1) is 6.92 Å². The molecule has 0 saturated heterocycles. The molecule has 0 amide bonds. The van der Waals surface area contributed by atoms with Crippen LogP contribution in [0.4, 0.5) is 0 Å². The molecule has 0 aromatic heterocycles. The Morgan fingerprint density at radius 1 is 0.926 bits per heavy atom. The zero-order valence-corrected chi connectivity index (χ0v) is 16.6. The average molecular weight is 374 g/mol. The fourth-order valence-electron chi connectivity index (χ4n) is 3.31. The standard InChI is InChI=1S/C21H26O6/c1-12-16(11-14-9-7-8-10-15(14)13(2)21(22)23)18(25-4)20(27-6)19(26-5)17(12)24-3/h7-10,13H,11H2,1-6H3,(H,22,23). The molecule has 6 heteroatoms. The van der Waals surface area contributed by atoms with Crippen LogP contribution >= 0.6 is 0 Å². The smallest absolute Gasteiger partial charge is 0.310 e. The third-order valence-electron chi connectivity index (χ3n) is 4.76. The second-order valence-corrected chi connectivity index (χ2v) is 6.17. The van der Waals surface area contributed by atoms with Gasteiger partial charge in [-0.25, -0.2) is 0 Å². The van der Waals surface area contributed by atoms with Crippen LogP contribution in [0.5, 0.6) is 23.0 Å². The molecule has 0 spiro atoms. The Hall–Kier alpha value is -2.89. The largest absolute Gasteiger partial charge is 0.492 e. The van der Waals surface area contributed by atoms with Gasteiger partial charge in [0.15, 0.2) is 11.5 Å². The Morgan fingerprint density at radius 2 is 1.44 bits per heavy atom. The number of aliphatic carboxylic acids is 1. The van der Waals surface area contributed by atoms with Crippen molar-refractivity contribution in [1.29, 1.82) is 0 Å². The fourth-order valence-corrected chi connectivity index (χ4v) is 3.31. The lowest BCUT2D eigenvalue weighted by atomic mass is 9.90. The summed E-state index contributed by atoms with van der Waals surface area (Å²) in [6.07, 6.45) is 0.472. The second kappa shape index (κ2) is 8.66. The quantitative estimate of drug-likeness (QED) is 0.757. The van der Waals surface area contributed by atoms with Gasteiger partial charge >= 0.3 is 5.97 Å². The highest BCUT2D eigenvalue weighted by atomic mass is 16.5. The molecule has 0 saturated carbocycles. The number of ether oxygens (including phenoxy) is 4. The maximum Gasteiger partial charge on any atom is 0.310 e. The Bertz CT molecular complexity index is 828. The van der Waals surface area contributed by atoms with Gasteiger partial charge in [0.1, 0.15) is 0 Å². The molecule has 27 heavy (non-hydrogen) atoms. The first kappa shape index (κ1) is 20.4. The lowest BCUT2D eigenvalue weighted by Gasteiger charge is -2.22. The van der Waals surface area contributed by atoms with Crippen molar-refractivity contribution in [3.8, 4) is 23.0 Å². The van der Waals surface area contributed by atoms with Gasteiger partial charge in [0.05, 0.1) is 34.4 Å². The van der Waals surface area contributed by atoms with Crippen LogP contribution in [-0.4, -0.2) is 39.5 Å². The molecule has 0 aliphatic heterocycles. The topological polar surface area (TPSA) is 74.2 Å². The molecule has 0 heterocycles. The van der Waals surface area contributed by atoms with E-state index in [1.807, 2.05) is 31.2 Å². The maximum absolute atomic E-state index is 11.5. The monoisotopic (exact) mass is 374 g/mol. The summed E-state index contributed by atoms with van der Waals surface area (Å²) in [6.45, 7) is 3.60. The number of methoxy groups -OCH3 is 4. The second-order valence-electron chi connectivity index (χ2n) is 6.17. The minimum Gasteiger partial charge on any atom is -0.492 e. The van der Waals surface area contributed by atoms with Crippen molar-refractivity contribution < 1.29 is 28.8 Å². The van der Waals surface area contributed by atoms with E-state index in [0.717, 1.165) is 22.3 Å². The molecule has 1 atom stereocenters. The first-order chi connectivity index (χ1) is 12.9. The summed E-state index contributed by atoms with van der Waals surface area (Å²) in [5, 5.41) is 9.43. The predicted molar refractivity (Wildman–Crippen MR) is 103 cm³/mol. The zero-order chi connectivity index (χ0) is 20.1. The van der Waals surface area contributed by atoms with Gasteiger partial charge in [-0.2, -0.15) is 0 Å². The average Bonchev–Trinajstić information content (AvgIpc) is 2.68. The SMILES string of the molecule is COc1c(C)c(Cc2ccccc2C(C)C(=O)O)c(OC)c(OC)c1OC. The number of carbonyl (C=O) groups is 1. The van der Waals surface area contributed by atoms with Crippen molar-refractivity contribution in [2.24, 2.45) is 0 Å². The van der Waals surface area contributed by atoms with E-state index in [-0.39, 0.29) is 0 Å². The number of rotatable bonds is 8. The third kappa shape index (κ3) is 3.79. The van der Waals surface area contributed by atoms with Crippen molar-refractivity contribution >= 4 is 5.97 Å². The molecule has 0 bridgehead atoms. The van der Waals surface area contributed by atoms with E-state index in [1.54, 1.807) is 35.4 Å². The summed E-state index contributed by atoms with van der Waals surface area (Å²) in [6, 6.07) is 7.51. The summed E-state index contributed by atoms with van der Waals surface area (Å²) in [5.74, 6) is 0.538. The summed E-state index contributed by atoms with van der Waals surface area (Å²) < 4.78 is 22.2. The molecular weight excluding hydrogens is 348 g/mol. The van der Waals surface area contributed by atoms with E-state index >= 15 is 0 Å². The number of carboxylic acids is 1. The molecule has 6 nitrogen and oxygen atoms in total. The summed E-state index contributed by atoms with van der Waals surface area (Å²) in [5.41, 5.74) is 3.38. The van der Waals surface area contributed by atoms with Crippen molar-refractivity contribution in [1.82, 2.24) is 0 Å². The van der Waals surface area contributed by atoms with Crippen LogP contribution in [-0.2, 0) is 11.2 Å². The Balaban J connectivity index is 2.69. The highest BCUT2D eigenvalue weighted by Gasteiger charge is 2.26. The van der Waals surface area contributed by atoms with Gasteiger partial charge in [0, 0.05) is 17.5 Å². The van der Waals surface area contributed by atoms with Crippen LogP contribution in [0.1, 0.15) is 35.1 Å². The number of hydrogen-bond acceptors (Lipinski definition) is 5. The first-order valence-electron chi connectivity index (χ1n) is 8.57. The van der Waals surface area contributed by atoms with Crippen LogP contribution < -0.4 is 18.9 Å². The molecule has 2 aromatic rings. The van der Waals surface area contributed by atoms with E-state index in [4.69, 9.17) is 18.9 Å². The van der Waals surface area contributed by atoms with Crippen molar-refractivity contribution in [2.75, 3.05) is 28.4 Å². The maximum atomic E-state index is 11.5. The summed E-state index contributed by atoms with van der Waals surface area (Å²) >= 11 is 0. The van der Waals surface area contributed by atoms with Gasteiger partial charge in [-0.3, -0.25) is 4.79 Å². The molecule has 2 aromatic carbocycles. The molecule has 1 N–H and O–H groups in total. The Morgan fingerprint density at radius 3 is 1.96 bits per heavy atom. The van der Waals surface area contributed by atoms with E-state index in [9.17, 15) is 9.90 Å². The van der Waals surface area contributed by atoms with Crippen molar-refractivity contribution in [3.63, 3.8) is 0 Å². The van der Waals surface area contributed by atoms with Gasteiger partial charge in [-0.1, -0.05) is 24.3 Å². The minimum absolute atomic E-state index is 0.446. The van der Waals surface area contributed by atoms with Crippen molar-refractivity contribution in [3.05, 3.63) is 46.5 Å². The minimum atomic E-state index is -0.865. The fraction of sp³-hybridized carbons (Fsp3) is 0.381. The lowest BCUT2D eigenvalue weighted by molar-refractivity contribution is -0.138. The number of carboxylic acid groups (broad SMARTS) is 1. The van der Waals surface area contributed by atoms with Crippen LogP contribution in [0.3, 0.4) is 0 Å². The zero-order valence-electron chi connectivity index (χ0n) is 16.6.